The van der Waals surface area contributed by atoms with Crippen molar-refractivity contribution in [1.82, 2.24) is 0 Å². The summed E-state index contributed by atoms with van der Waals surface area (Å²) in [7, 11) is 0. The molecule has 0 nitrogen and oxygen atoms in total. The van der Waals surface area contributed by atoms with Gasteiger partial charge in [0.1, 0.15) is 0 Å². The number of unbranched alkanes of at least 4 members (excludes halogenated alkanes) is 1. The van der Waals surface area contributed by atoms with Gasteiger partial charge in [-0.1, -0.05) is 0 Å². The van der Waals surface area contributed by atoms with E-state index < -0.39 is 0 Å². The van der Waals surface area contributed by atoms with Crippen LogP contribution in [0.4, 0.5) is 0 Å². The van der Waals surface area contributed by atoms with Crippen LogP contribution >= 0.6 is 23.4 Å². The van der Waals surface area contributed by atoms with Gasteiger partial charge in [0.2, 0.25) is 0 Å². The Morgan fingerprint density at radius 2 is 1.89 bits per heavy atom. The number of rotatable bonds is 6. The van der Waals surface area contributed by atoms with E-state index in [1.165, 1.54) is 24.8 Å². The fraction of sp³-hybridized carbons (Fsp3) is 0.333. The van der Waals surface area contributed by atoms with Crippen molar-refractivity contribution in [2.45, 2.75) is 34.9 Å². The summed E-state index contributed by atoms with van der Waals surface area (Å²) in [5.41, 5.74) is 1.36. The molecule has 0 unspecified atom stereocenters. The average molecular weight is 392 g/mol. The van der Waals surface area contributed by atoms with Gasteiger partial charge in [-0.2, -0.15) is 0 Å². The Labute approximate surface area is 128 Å². The molecule has 0 aliphatic carbocycles. The normalized spacial score (nSPS) is 10.8. The van der Waals surface area contributed by atoms with Crippen molar-refractivity contribution in [2.75, 3.05) is 0 Å². The van der Waals surface area contributed by atoms with E-state index in [0.29, 0.717) is 0 Å². The molecule has 2 aromatic rings. The summed E-state index contributed by atoms with van der Waals surface area (Å²) in [6, 6.07) is 12.9. The molecule has 2 rings (SSSR count). The Morgan fingerprint density at radius 1 is 1.11 bits per heavy atom. The number of halogens is 1. The van der Waals surface area contributed by atoms with E-state index in [2.05, 4.69) is 31.2 Å². The van der Waals surface area contributed by atoms with Crippen molar-refractivity contribution in [1.29, 1.82) is 0 Å². The minimum absolute atomic E-state index is 0.0319. The predicted molar refractivity (Wildman–Crippen MR) is 83.0 cm³/mol. The van der Waals surface area contributed by atoms with Crippen LogP contribution < -0.4 is 0 Å². The molecule has 0 bridgehead atoms. The third-order valence-electron chi connectivity index (χ3n) is 2.71. The van der Waals surface area contributed by atoms with Crippen molar-refractivity contribution < 1.29 is 0 Å². The second-order valence-corrected chi connectivity index (χ2v) is 9.83. The van der Waals surface area contributed by atoms with Crippen molar-refractivity contribution >= 4 is 43.8 Å². The van der Waals surface area contributed by atoms with Gasteiger partial charge < -0.3 is 0 Å². The first kappa shape index (κ1) is 14.5. The number of hydrogen-bond donors (Lipinski definition) is 0. The molecule has 0 spiro atoms. The summed E-state index contributed by atoms with van der Waals surface area (Å²) in [5, 5.41) is 0.820. The van der Waals surface area contributed by atoms with E-state index in [0.717, 1.165) is 10.8 Å². The van der Waals surface area contributed by atoms with E-state index in [-0.39, 0.29) is 20.4 Å². The zero-order valence-corrected chi connectivity index (χ0v) is 14.4. The molecule has 18 heavy (non-hydrogen) atoms. The van der Waals surface area contributed by atoms with Crippen molar-refractivity contribution in [3.05, 3.63) is 50.6 Å². The number of thioether (sulfide) groups is 1. The van der Waals surface area contributed by atoms with Gasteiger partial charge >= 0.3 is 129 Å². The van der Waals surface area contributed by atoms with Crippen LogP contribution in [0.1, 0.15) is 28.9 Å². The number of hydrogen-bond acceptors (Lipinski definition) is 1. The summed E-state index contributed by atoms with van der Waals surface area (Å²) in [6.07, 6.45) is 3.97. The summed E-state index contributed by atoms with van der Waals surface area (Å²) in [5.74, 6) is 1.07. The summed E-state index contributed by atoms with van der Waals surface area (Å²) < 4.78 is 3.35. The van der Waals surface area contributed by atoms with Crippen LogP contribution in [0.5, 0.6) is 0 Å². The molecule has 3 heteroatoms. The van der Waals surface area contributed by atoms with Crippen molar-refractivity contribution in [3.8, 4) is 0 Å². The molecule has 1 aromatic heterocycles. The molecule has 0 saturated heterocycles. The maximum atomic E-state index is 5.89. The Balaban J connectivity index is 1.86. The molecule has 0 fully saturated rings. The molecule has 96 valence electrons. The molecule has 0 radical (unpaired) electrons. The summed E-state index contributed by atoms with van der Waals surface area (Å²) >= 11 is 7.86. The molecule has 0 aliphatic rings. The molecule has 0 amide bonds. The molecule has 1 heterocycles. The van der Waals surface area contributed by atoms with E-state index in [4.69, 9.17) is 11.6 Å². The quantitative estimate of drug-likeness (QED) is 0.491. The monoisotopic (exact) mass is 394 g/mol. The molecule has 1 aromatic carbocycles. The molecule has 0 saturated carbocycles. The van der Waals surface area contributed by atoms with Crippen LogP contribution in [0.25, 0.3) is 0 Å². The molecule has 0 N–H and O–H groups in total. The fourth-order valence-electron chi connectivity index (χ4n) is 1.66. The second-order valence-electron chi connectivity index (χ2n) is 4.24. The van der Waals surface area contributed by atoms with Gasteiger partial charge in [0.15, 0.2) is 0 Å². The summed E-state index contributed by atoms with van der Waals surface area (Å²) in [4.78, 5) is 0. The Morgan fingerprint density at radius 3 is 2.61 bits per heavy atom. The fourth-order valence-corrected chi connectivity index (χ4v) is 6.45. The van der Waals surface area contributed by atoms with Crippen molar-refractivity contribution in [2.24, 2.45) is 0 Å². The predicted octanol–water partition coefficient (Wildman–Crippen LogP) is 5.03. The number of aryl methyl sites for hydroxylation is 1. The molecule has 0 atom stereocenters. The van der Waals surface area contributed by atoms with Gasteiger partial charge in [0.05, 0.1) is 0 Å². The SMILES string of the molecule is CCCCc1ccc(SCc2ccc(Cl)cc2)[te]1. The van der Waals surface area contributed by atoms with Crippen LogP contribution in [-0.2, 0) is 12.2 Å². The summed E-state index contributed by atoms with van der Waals surface area (Å²) in [6.45, 7) is 2.26. The van der Waals surface area contributed by atoms with Crippen LogP contribution in [0, 0.1) is 0 Å². The van der Waals surface area contributed by atoms with Gasteiger partial charge in [-0.05, 0) is 0 Å². The van der Waals surface area contributed by atoms with E-state index in [9.17, 15) is 0 Å². The first-order chi connectivity index (χ1) is 8.78. The zero-order chi connectivity index (χ0) is 12.8. The van der Waals surface area contributed by atoms with E-state index in [1.54, 1.807) is 6.49 Å². The van der Waals surface area contributed by atoms with Crippen LogP contribution in [0.2, 0.25) is 5.02 Å². The Kier molecular flexibility index (Phi) is 6.18. The van der Waals surface area contributed by atoms with Gasteiger partial charge in [-0.15, -0.1) is 0 Å². The van der Waals surface area contributed by atoms with Gasteiger partial charge in [-0.25, -0.2) is 0 Å². The van der Waals surface area contributed by atoms with Crippen LogP contribution in [0.3, 0.4) is 0 Å². The van der Waals surface area contributed by atoms with Crippen molar-refractivity contribution in [3.63, 3.8) is 0 Å². The van der Waals surface area contributed by atoms with Crippen LogP contribution in [0.15, 0.2) is 39.3 Å². The van der Waals surface area contributed by atoms with Crippen LogP contribution in [-0.4, -0.2) is 20.4 Å². The third kappa shape index (κ3) is 4.67. The zero-order valence-electron chi connectivity index (χ0n) is 10.5. The Hall–Kier alpha value is 0.130. The van der Waals surface area contributed by atoms with Gasteiger partial charge in [0, 0.05) is 0 Å². The second kappa shape index (κ2) is 7.65. The topological polar surface area (TPSA) is 0 Å². The third-order valence-corrected chi connectivity index (χ3v) is 8.11. The Bertz CT molecular complexity index is 475. The number of benzene rings is 1. The average Bonchev–Trinajstić information content (AvgIpc) is 2.84. The van der Waals surface area contributed by atoms with Gasteiger partial charge in [-0.3, -0.25) is 0 Å². The maximum absolute atomic E-state index is 5.89. The van der Waals surface area contributed by atoms with E-state index in [1.807, 2.05) is 23.9 Å². The standard InChI is InChI=1S/C15H17ClSTe/c1-2-3-4-14-9-10-15(18-14)17-11-12-5-7-13(16)8-6-12/h5-10H,2-4,11H2,1H3. The minimum atomic E-state index is -0.0319. The van der Waals surface area contributed by atoms with Gasteiger partial charge in [0.25, 0.3) is 0 Å². The molecule has 0 aliphatic heterocycles. The first-order valence-electron chi connectivity index (χ1n) is 6.24. The molecular formula is C15H17ClSTe. The molecular weight excluding hydrogens is 375 g/mol. The first-order valence-corrected chi connectivity index (χ1v) is 9.93. The van der Waals surface area contributed by atoms with E-state index >= 15 is 0 Å².